The summed E-state index contributed by atoms with van der Waals surface area (Å²) >= 11 is 1.13. The minimum Gasteiger partial charge on any atom is -0.477 e. The van der Waals surface area contributed by atoms with Gasteiger partial charge in [-0.25, -0.2) is 23.6 Å². The second-order valence-electron chi connectivity index (χ2n) is 14.6. The lowest BCUT2D eigenvalue weighted by atomic mass is 10.0. The number of ether oxygens (including phenoxy) is 1. The Bertz CT molecular complexity index is 2490. The first-order valence-corrected chi connectivity index (χ1v) is 20.6. The highest BCUT2D eigenvalue weighted by Crippen LogP contribution is 2.41. The molecule has 1 aromatic heterocycles. The monoisotopic (exact) mass is 876 g/mol. The van der Waals surface area contributed by atoms with Gasteiger partial charge in [0.05, 0.1) is 11.2 Å². The summed E-state index contributed by atoms with van der Waals surface area (Å²) in [5.41, 5.74) is -0.741. The first-order valence-electron chi connectivity index (χ1n) is 19.6. The number of carbonyl (C=O) groups is 8. The number of carboxylic acids is 2. The van der Waals surface area contributed by atoms with E-state index in [0.29, 0.717) is 22.5 Å². The number of hydrogen-bond acceptors (Lipinski definition) is 12. The number of anilines is 1. The number of pyridine rings is 1. The number of aromatic nitrogens is 1. The Labute approximate surface area is 355 Å². The predicted octanol–water partition coefficient (Wildman–Crippen LogP) is 0.998. The number of β-lactam (4-membered cyclic amide) rings is 1. The fourth-order valence-electron chi connectivity index (χ4n) is 7.77. The molecular weight excluding hydrogens is 836 g/mol. The molecule has 7 rings (SSSR count). The SMILES string of the molecule is CCN1CCN(C(=O)NC(C(=O)NC2C(=O)N3C(C(=O)O)=C(COC(=O)N4CCN(c5cc6c(cc5F)c(=O)c(C(=O)O)cn6CC)CC4)CS[C@H]23)c2ccccc2)C(=O)C1=O. The molecule has 0 saturated carbocycles. The molecule has 2 aromatic carbocycles. The molecule has 22 heteroatoms. The van der Waals surface area contributed by atoms with Gasteiger partial charge in [0.15, 0.2) is 0 Å². The average Bonchev–Trinajstić information content (AvgIpc) is 3.27. The molecular formula is C40H41FN8O12S. The summed E-state index contributed by atoms with van der Waals surface area (Å²) in [7, 11) is 0. The van der Waals surface area contributed by atoms with Crippen molar-refractivity contribution in [3.63, 3.8) is 0 Å². The largest absolute Gasteiger partial charge is 0.477 e. The smallest absolute Gasteiger partial charge is 0.410 e. The summed E-state index contributed by atoms with van der Waals surface area (Å²) in [5, 5.41) is 23.8. The number of thioether (sulfide) groups is 1. The highest BCUT2D eigenvalue weighted by atomic mass is 32.2. The van der Waals surface area contributed by atoms with Gasteiger partial charge >= 0.3 is 35.9 Å². The Hall–Kier alpha value is -6.97. The van der Waals surface area contributed by atoms with E-state index in [1.165, 1.54) is 22.1 Å². The molecule has 5 heterocycles. The fourth-order valence-corrected chi connectivity index (χ4v) is 9.10. The molecule has 326 valence electrons. The van der Waals surface area contributed by atoms with E-state index in [0.717, 1.165) is 22.7 Å². The number of aromatic carboxylic acids is 1. The molecule has 2 unspecified atom stereocenters. The fraction of sp³-hybridized carbons (Fsp3) is 0.375. The van der Waals surface area contributed by atoms with Gasteiger partial charge in [0.2, 0.25) is 11.3 Å². The Morgan fingerprint density at radius 2 is 1.61 bits per heavy atom. The lowest BCUT2D eigenvalue weighted by molar-refractivity contribution is -0.153. The zero-order valence-electron chi connectivity index (χ0n) is 33.4. The summed E-state index contributed by atoms with van der Waals surface area (Å²) in [5.74, 6) is -7.11. The minimum absolute atomic E-state index is 0.0142. The molecule has 62 heavy (non-hydrogen) atoms. The number of hydrogen-bond donors (Lipinski definition) is 4. The molecule has 3 fully saturated rings. The van der Waals surface area contributed by atoms with Crippen LogP contribution in [0.3, 0.4) is 0 Å². The van der Waals surface area contributed by atoms with Gasteiger partial charge in [-0.15, -0.1) is 11.8 Å². The number of amides is 7. The van der Waals surface area contributed by atoms with Crippen LogP contribution in [-0.4, -0.2) is 152 Å². The van der Waals surface area contributed by atoms with E-state index < -0.39 is 94.3 Å². The first kappa shape index (κ1) is 43.1. The van der Waals surface area contributed by atoms with E-state index in [-0.39, 0.29) is 68.2 Å². The van der Waals surface area contributed by atoms with Crippen LogP contribution in [0.25, 0.3) is 10.9 Å². The number of fused-ring (bicyclic) bond motifs is 2. The number of halogens is 1. The van der Waals surface area contributed by atoms with Crippen molar-refractivity contribution in [3.05, 3.63) is 87.1 Å². The number of nitrogens with zero attached hydrogens (tertiary/aromatic N) is 6. The first-order chi connectivity index (χ1) is 29.6. The van der Waals surface area contributed by atoms with Crippen LogP contribution >= 0.6 is 11.8 Å². The van der Waals surface area contributed by atoms with Crippen LogP contribution in [0.2, 0.25) is 0 Å². The van der Waals surface area contributed by atoms with Crippen molar-refractivity contribution in [1.82, 2.24) is 34.8 Å². The molecule has 7 amide bonds. The molecule has 0 aliphatic carbocycles. The van der Waals surface area contributed by atoms with Crippen molar-refractivity contribution in [3.8, 4) is 0 Å². The van der Waals surface area contributed by atoms with Crippen molar-refractivity contribution in [2.45, 2.75) is 37.8 Å². The second kappa shape index (κ2) is 17.6. The third kappa shape index (κ3) is 7.99. The maximum atomic E-state index is 15.4. The number of carboxylic acid groups (broad SMARTS) is 2. The van der Waals surface area contributed by atoms with E-state index >= 15 is 4.39 Å². The summed E-state index contributed by atoms with van der Waals surface area (Å²) in [6.07, 6.45) is 0.438. The lowest BCUT2D eigenvalue weighted by Crippen LogP contribution is -2.71. The quantitative estimate of drug-likeness (QED) is 0.155. The predicted molar refractivity (Wildman–Crippen MR) is 217 cm³/mol. The van der Waals surface area contributed by atoms with Gasteiger partial charge in [0.1, 0.15) is 41.1 Å². The van der Waals surface area contributed by atoms with E-state index in [1.54, 1.807) is 53.6 Å². The second-order valence-corrected chi connectivity index (χ2v) is 15.7. The standard InChI is InChI=1S/C40H41FN8O12S/c1-3-44-14-15-48(35(54)34(44)53)39(59)43-28(21-8-6-5-7-9-21)32(51)42-29-33(52)49-30(38(57)58)22(20-62-36(29)49)19-61-40(60)47-12-10-46(11-13-47)27-17-26-23(16-25(27)41)31(50)24(37(55)56)18-45(26)4-2/h5-9,16-18,28-29,36H,3-4,10-15,19-20H2,1-2H3,(H,42,51)(H,43,59)(H,55,56)(H,57,58)/t28?,29?,36-/m1/s1. The molecule has 3 aromatic rings. The van der Waals surface area contributed by atoms with Gasteiger partial charge in [0, 0.05) is 75.3 Å². The minimum atomic E-state index is -1.46. The third-order valence-electron chi connectivity index (χ3n) is 11.1. The van der Waals surface area contributed by atoms with Crippen LogP contribution < -0.4 is 21.0 Å². The Kier molecular flexibility index (Phi) is 12.2. The van der Waals surface area contributed by atoms with Gasteiger partial charge in [-0.2, -0.15) is 0 Å². The maximum Gasteiger partial charge on any atom is 0.410 e. The Morgan fingerprint density at radius 1 is 0.903 bits per heavy atom. The van der Waals surface area contributed by atoms with Gasteiger partial charge < -0.3 is 44.9 Å². The Balaban J connectivity index is 0.978. The van der Waals surface area contributed by atoms with Crippen LogP contribution in [0.15, 0.2) is 64.7 Å². The van der Waals surface area contributed by atoms with E-state index in [4.69, 9.17) is 4.74 Å². The topological polar surface area (TPSA) is 249 Å². The highest BCUT2D eigenvalue weighted by Gasteiger charge is 2.55. The van der Waals surface area contributed by atoms with Crippen LogP contribution in [0.4, 0.5) is 19.7 Å². The van der Waals surface area contributed by atoms with E-state index in [2.05, 4.69) is 10.6 Å². The zero-order valence-corrected chi connectivity index (χ0v) is 34.2. The Morgan fingerprint density at radius 3 is 2.26 bits per heavy atom. The van der Waals surface area contributed by atoms with Crippen LogP contribution in [0.1, 0.15) is 35.8 Å². The summed E-state index contributed by atoms with van der Waals surface area (Å²) in [4.78, 5) is 122. The molecule has 3 saturated heterocycles. The average molecular weight is 877 g/mol. The maximum absolute atomic E-state index is 15.4. The van der Waals surface area contributed by atoms with Gasteiger partial charge in [-0.3, -0.25) is 33.8 Å². The molecule has 0 radical (unpaired) electrons. The number of rotatable bonds is 11. The van der Waals surface area contributed by atoms with Crippen molar-refractivity contribution in [2.24, 2.45) is 0 Å². The molecule has 4 N–H and O–H groups in total. The summed E-state index contributed by atoms with van der Waals surface area (Å²) in [6, 6.07) is 6.89. The lowest BCUT2D eigenvalue weighted by Gasteiger charge is -2.49. The van der Waals surface area contributed by atoms with E-state index in [1.807, 2.05) is 0 Å². The molecule has 4 aliphatic rings. The normalized spacial score (nSPS) is 19.5. The summed E-state index contributed by atoms with van der Waals surface area (Å²) < 4.78 is 22.4. The van der Waals surface area contributed by atoms with Crippen molar-refractivity contribution < 1.29 is 57.7 Å². The number of imide groups is 1. The van der Waals surface area contributed by atoms with Gasteiger partial charge in [-0.1, -0.05) is 30.3 Å². The van der Waals surface area contributed by atoms with Crippen molar-refractivity contribution >= 4 is 76.0 Å². The molecule has 0 spiro atoms. The number of aryl methyl sites for hydroxylation is 1. The molecule has 3 atom stereocenters. The number of piperazine rings is 2. The molecule has 0 bridgehead atoms. The summed E-state index contributed by atoms with van der Waals surface area (Å²) in [6.45, 7) is 4.10. The van der Waals surface area contributed by atoms with Gasteiger partial charge in [0.25, 0.3) is 5.91 Å². The van der Waals surface area contributed by atoms with Crippen molar-refractivity contribution in [1.29, 1.82) is 0 Å². The number of aliphatic carboxylic acids is 1. The third-order valence-corrected chi connectivity index (χ3v) is 12.5. The number of carbonyl (C=O) groups excluding carboxylic acids is 6. The van der Waals surface area contributed by atoms with Crippen LogP contribution in [0.5, 0.6) is 0 Å². The highest BCUT2D eigenvalue weighted by molar-refractivity contribution is 8.00. The van der Waals surface area contributed by atoms with Crippen molar-refractivity contribution in [2.75, 3.05) is 63.1 Å². The van der Waals surface area contributed by atoms with E-state index in [9.17, 15) is 53.4 Å². The number of likely N-dealkylation sites (N-methyl/N-ethyl adjacent to an activating group) is 1. The van der Waals surface area contributed by atoms with Gasteiger partial charge in [-0.05, 0) is 31.5 Å². The number of benzene rings is 2. The number of nitrogens with one attached hydrogen (secondary N) is 2. The molecule has 20 nitrogen and oxygen atoms in total. The molecule has 4 aliphatic heterocycles. The van der Waals surface area contributed by atoms with Crippen LogP contribution in [-0.2, 0) is 35.3 Å². The number of urea groups is 1. The van der Waals surface area contributed by atoms with Crippen LogP contribution in [0, 0.1) is 5.82 Å². The zero-order chi connectivity index (χ0) is 44.6.